The van der Waals surface area contributed by atoms with Crippen LogP contribution >= 0.6 is 11.6 Å². The van der Waals surface area contributed by atoms with Crippen LogP contribution in [-0.2, 0) is 26.1 Å². The number of ketones is 2. The summed E-state index contributed by atoms with van der Waals surface area (Å²) in [6.07, 6.45) is 2.90. The first-order valence-electron chi connectivity index (χ1n) is 15.9. The van der Waals surface area contributed by atoms with Gasteiger partial charge in [-0.1, -0.05) is 75.7 Å². The highest BCUT2D eigenvalue weighted by atomic mass is 35.5. The minimum Gasteiger partial charge on any atom is -0.493 e. The van der Waals surface area contributed by atoms with Gasteiger partial charge in [0.2, 0.25) is 0 Å². The molecule has 0 amide bonds. The van der Waals surface area contributed by atoms with Crippen LogP contribution in [-0.4, -0.2) is 38.5 Å². The van der Waals surface area contributed by atoms with Crippen molar-refractivity contribution in [2.24, 2.45) is 10.8 Å². The Balaban J connectivity index is 1.47. The fraction of sp³-hybridized carbons (Fsp3) is 0.368. The zero-order chi connectivity index (χ0) is 33.7. The highest BCUT2D eigenvalue weighted by Crippen LogP contribution is 2.55. The summed E-state index contributed by atoms with van der Waals surface area (Å²) >= 11 is 5.95. The summed E-state index contributed by atoms with van der Waals surface area (Å²) in [5.41, 5.74) is 4.62. The monoisotopic (exact) mass is 673 g/mol. The lowest BCUT2D eigenvalue weighted by Crippen LogP contribution is -2.45. The lowest BCUT2D eigenvalue weighted by atomic mass is 9.63. The highest BCUT2D eigenvalue weighted by molar-refractivity contribution is 7.87. The first kappa shape index (κ1) is 33.0. The van der Waals surface area contributed by atoms with Gasteiger partial charge in [0, 0.05) is 52.9 Å². The zero-order valence-electron chi connectivity index (χ0n) is 27.4. The fourth-order valence-electron chi connectivity index (χ4n) is 7.24. The quantitative estimate of drug-likeness (QED) is 0.224. The molecule has 0 saturated carbocycles. The maximum absolute atomic E-state index is 14.2. The molecule has 0 radical (unpaired) electrons. The number of Topliss-reactive ketones (excluding diaryl/α,β-unsaturated/α-hetero) is 2. The minimum atomic E-state index is -4.19. The van der Waals surface area contributed by atoms with Crippen molar-refractivity contribution in [1.82, 2.24) is 4.90 Å². The molecule has 0 atom stereocenters. The number of allylic oxidation sites excluding steroid dienone is 4. The molecular weight excluding hydrogens is 634 g/mol. The van der Waals surface area contributed by atoms with E-state index in [0.717, 1.165) is 17.8 Å². The summed E-state index contributed by atoms with van der Waals surface area (Å²) in [5.74, 6) is -0.361. The molecule has 47 heavy (non-hydrogen) atoms. The molecule has 0 fully saturated rings. The van der Waals surface area contributed by atoms with Gasteiger partial charge in [0.05, 0.1) is 7.11 Å². The molecule has 9 heteroatoms. The lowest BCUT2D eigenvalue weighted by Gasteiger charge is -2.49. The number of benzene rings is 3. The van der Waals surface area contributed by atoms with Crippen molar-refractivity contribution < 1.29 is 26.9 Å². The molecule has 0 unspecified atom stereocenters. The third-order valence-electron chi connectivity index (χ3n) is 9.31. The second-order valence-corrected chi connectivity index (χ2v) is 16.3. The van der Waals surface area contributed by atoms with E-state index in [4.69, 9.17) is 20.5 Å². The molecular formula is C38H40ClNO6S. The molecule has 2 aliphatic carbocycles. The van der Waals surface area contributed by atoms with Crippen molar-refractivity contribution in [2.45, 2.75) is 70.6 Å². The summed E-state index contributed by atoms with van der Waals surface area (Å²) in [4.78, 5) is 30.6. The van der Waals surface area contributed by atoms with Crippen LogP contribution < -0.4 is 8.92 Å². The largest absolute Gasteiger partial charge is 0.493 e. The third-order valence-corrected chi connectivity index (χ3v) is 10.8. The van der Waals surface area contributed by atoms with Crippen LogP contribution in [0.25, 0.3) is 0 Å². The number of rotatable bonds is 8. The van der Waals surface area contributed by atoms with Crippen LogP contribution in [0.4, 0.5) is 0 Å². The zero-order valence-corrected chi connectivity index (χ0v) is 29.0. The second kappa shape index (κ2) is 12.3. The highest BCUT2D eigenvalue weighted by Gasteiger charge is 2.49. The summed E-state index contributed by atoms with van der Waals surface area (Å²) in [6.45, 7) is 9.13. The fourth-order valence-corrected chi connectivity index (χ4v) is 8.30. The van der Waals surface area contributed by atoms with E-state index >= 15 is 0 Å². The maximum atomic E-state index is 14.2. The molecule has 6 rings (SSSR count). The van der Waals surface area contributed by atoms with Crippen molar-refractivity contribution in [3.63, 3.8) is 0 Å². The molecule has 246 valence electrons. The number of hydrogen-bond donors (Lipinski definition) is 0. The van der Waals surface area contributed by atoms with E-state index in [9.17, 15) is 18.0 Å². The smallest absolute Gasteiger partial charge is 0.339 e. The molecule has 0 saturated heterocycles. The van der Waals surface area contributed by atoms with Crippen molar-refractivity contribution >= 4 is 33.3 Å². The average molecular weight is 674 g/mol. The Hall–Kier alpha value is -3.88. The lowest BCUT2D eigenvalue weighted by molar-refractivity contribution is -0.119. The van der Waals surface area contributed by atoms with Gasteiger partial charge in [-0.25, -0.2) is 0 Å². The molecule has 3 aromatic carbocycles. The molecule has 0 bridgehead atoms. The molecule has 3 aromatic rings. The summed E-state index contributed by atoms with van der Waals surface area (Å²) in [5, 5.41) is 0.403. The van der Waals surface area contributed by atoms with Crippen molar-refractivity contribution in [3.05, 3.63) is 111 Å². The van der Waals surface area contributed by atoms with Gasteiger partial charge in [-0.05, 0) is 77.6 Å². The molecule has 0 spiro atoms. The maximum Gasteiger partial charge on any atom is 0.339 e. The van der Waals surface area contributed by atoms with Gasteiger partial charge in [0.1, 0.15) is 4.90 Å². The number of halogens is 1. The van der Waals surface area contributed by atoms with Crippen molar-refractivity contribution in [2.75, 3.05) is 13.7 Å². The SMILES string of the molecule is COc1cc(C2C3=C(CC(C)(C)CC3=O)N(CCc3ccccc3)C3=C2C(=O)CC(C)(C)C3)ccc1OS(=O)(=O)c1ccc(Cl)cc1. The van der Waals surface area contributed by atoms with Gasteiger partial charge >= 0.3 is 10.1 Å². The van der Waals surface area contributed by atoms with Crippen LogP contribution in [0.3, 0.4) is 0 Å². The Bertz CT molecular complexity index is 1850. The van der Waals surface area contributed by atoms with Gasteiger partial charge in [-0.2, -0.15) is 8.42 Å². The van der Waals surface area contributed by atoms with Crippen LogP contribution in [0.2, 0.25) is 5.02 Å². The Kier molecular flexibility index (Phi) is 8.64. The van der Waals surface area contributed by atoms with E-state index in [1.807, 2.05) is 18.2 Å². The topological polar surface area (TPSA) is 90.0 Å². The third kappa shape index (κ3) is 6.63. The Morgan fingerprint density at radius 1 is 0.787 bits per heavy atom. The van der Waals surface area contributed by atoms with E-state index in [-0.39, 0.29) is 38.8 Å². The van der Waals surface area contributed by atoms with E-state index in [2.05, 4.69) is 44.7 Å². The molecule has 7 nitrogen and oxygen atoms in total. The number of methoxy groups -OCH3 is 1. The minimum absolute atomic E-state index is 0.00195. The van der Waals surface area contributed by atoms with Crippen molar-refractivity contribution in [1.29, 1.82) is 0 Å². The molecule has 0 N–H and O–H groups in total. The van der Waals surface area contributed by atoms with E-state index < -0.39 is 16.0 Å². The second-order valence-electron chi connectivity index (χ2n) is 14.3. The van der Waals surface area contributed by atoms with Crippen LogP contribution in [0, 0.1) is 10.8 Å². The number of nitrogens with zero attached hydrogens (tertiary/aromatic N) is 1. The van der Waals surface area contributed by atoms with Crippen molar-refractivity contribution in [3.8, 4) is 11.5 Å². The van der Waals surface area contributed by atoms with Gasteiger partial charge < -0.3 is 13.8 Å². The van der Waals surface area contributed by atoms with E-state index in [1.54, 1.807) is 18.2 Å². The van der Waals surface area contributed by atoms with E-state index in [1.165, 1.54) is 36.9 Å². The normalized spacial score (nSPS) is 19.4. The predicted molar refractivity (Wildman–Crippen MR) is 182 cm³/mol. The first-order chi connectivity index (χ1) is 22.2. The van der Waals surface area contributed by atoms with Crippen LogP contribution in [0.15, 0.2) is 100 Å². The predicted octanol–water partition coefficient (Wildman–Crippen LogP) is 8.04. The van der Waals surface area contributed by atoms with Gasteiger partial charge in [-0.15, -0.1) is 0 Å². The number of hydrogen-bond acceptors (Lipinski definition) is 7. The van der Waals surface area contributed by atoms with Gasteiger partial charge in [0.25, 0.3) is 0 Å². The molecule has 3 aliphatic rings. The molecule has 1 aliphatic heterocycles. The number of carbonyl (C=O) groups excluding carboxylic acids is 2. The molecule has 0 aromatic heterocycles. The van der Waals surface area contributed by atoms with Crippen LogP contribution in [0.1, 0.15) is 70.4 Å². The standard InChI is InChI=1S/C38H40ClNO6S/c1-37(2)20-28-35(30(41)22-37)34(25-11-16-32(33(19-25)45-5)46-47(43,44)27-14-12-26(39)13-15-27)36-29(21-38(3,4)23-31(36)42)40(28)18-17-24-9-7-6-8-10-24/h6-16,19,34H,17-18,20-23H2,1-5H3. The number of carbonyl (C=O) groups is 2. The number of ether oxygens (including phenoxy) is 1. The van der Waals surface area contributed by atoms with Gasteiger partial charge in [0.15, 0.2) is 23.1 Å². The summed E-state index contributed by atoms with van der Waals surface area (Å²) < 4.78 is 37.4. The summed E-state index contributed by atoms with van der Waals surface area (Å²) in [7, 11) is -2.76. The average Bonchev–Trinajstić information content (AvgIpc) is 2.99. The van der Waals surface area contributed by atoms with Gasteiger partial charge in [-0.3, -0.25) is 9.59 Å². The first-order valence-corrected chi connectivity index (χ1v) is 17.7. The van der Waals surface area contributed by atoms with E-state index in [0.29, 0.717) is 54.0 Å². The molecule has 1 heterocycles. The Morgan fingerprint density at radius 2 is 1.36 bits per heavy atom. The Labute approximate surface area is 282 Å². The summed E-state index contributed by atoms with van der Waals surface area (Å²) in [6, 6.07) is 20.9. The van der Waals surface area contributed by atoms with Crippen LogP contribution in [0.5, 0.6) is 11.5 Å². The Morgan fingerprint density at radius 3 is 1.91 bits per heavy atom.